The van der Waals surface area contributed by atoms with E-state index in [0.29, 0.717) is 19.3 Å². The number of carbonyl (C=O) groups excluding carboxylic acids is 3. The van der Waals surface area contributed by atoms with E-state index in [2.05, 4.69) is 142 Å². The van der Waals surface area contributed by atoms with E-state index < -0.39 is 6.10 Å². The Morgan fingerprint density at radius 2 is 0.592 bits per heavy atom. The lowest BCUT2D eigenvalue weighted by Gasteiger charge is -2.18. The van der Waals surface area contributed by atoms with Gasteiger partial charge in [-0.25, -0.2) is 0 Å². The zero-order valence-electron chi connectivity index (χ0n) is 45.7. The summed E-state index contributed by atoms with van der Waals surface area (Å²) in [7, 11) is 0. The maximum atomic E-state index is 12.9. The van der Waals surface area contributed by atoms with E-state index >= 15 is 0 Å². The molecule has 0 N–H and O–H groups in total. The molecule has 0 aromatic rings. The van der Waals surface area contributed by atoms with Gasteiger partial charge < -0.3 is 14.2 Å². The summed E-state index contributed by atoms with van der Waals surface area (Å²) >= 11 is 0. The molecule has 0 spiro atoms. The van der Waals surface area contributed by atoms with Gasteiger partial charge in [-0.3, -0.25) is 14.4 Å². The van der Waals surface area contributed by atoms with Crippen LogP contribution >= 0.6 is 0 Å². The Morgan fingerprint density at radius 1 is 0.296 bits per heavy atom. The lowest BCUT2D eigenvalue weighted by molar-refractivity contribution is -0.166. The predicted octanol–water partition coefficient (Wildman–Crippen LogP) is 19.4. The van der Waals surface area contributed by atoms with Crippen molar-refractivity contribution < 1.29 is 28.6 Å². The van der Waals surface area contributed by atoms with Crippen molar-refractivity contribution in [1.82, 2.24) is 0 Å². The molecule has 71 heavy (non-hydrogen) atoms. The van der Waals surface area contributed by atoms with E-state index in [1.165, 1.54) is 103 Å². The van der Waals surface area contributed by atoms with E-state index in [4.69, 9.17) is 14.2 Å². The Hall–Kier alpha value is -4.45. The zero-order chi connectivity index (χ0) is 51.4. The van der Waals surface area contributed by atoms with Gasteiger partial charge in [0.25, 0.3) is 0 Å². The summed E-state index contributed by atoms with van der Waals surface area (Å²) < 4.78 is 16.7. The SMILES string of the molecule is CC/C=C\C/C=C\C/C=C\C/C=C\C/C=C\C/C=C\CCC(=O)OC[C@H](COC(=O)CCC/C=C\C/C=C\C/C=C\C/C=C\CCCCC)OC(=O)CCCCCCCCC/C=C\CCCCCCCC. The predicted molar refractivity (Wildman–Crippen MR) is 306 cm³/mol. The highest BCUT2D eigenvalue weighted by Crippen LogP contribution is 2.13. The summed E-state index contributed by atoms with van der Waals surface area (Å²) in [6.07, 6.45) is 81.7. The summed E-state index contributed by atoms with van der Waals surface area (Å²) in [6.45, 7) is 6.37. The second-order valence-electron chi connectivity index (χ2n) is 18.5. The number of carbonyl (C=O) groups is 3. The van der Waals surface area contributed by atoms with Gasteiger partial charge in [-0.05, 0) is 122 Å². The molecule has 0 aliphatic rings. The Balaban J connectivity index is 4.61. The highest BCUT2D eigenvalue weighted by atomic mass is 16.6. The maximum absolute atomic E-state index is 12.9. The number of allylic oxidation sites excluding steroid dienone is 22. The molecule has 1 atom stereocenters. The molecule has 0 aromatic carbocycles. The van der Waals surface area contributed by atoms with Crippen LogP contribution in [0.5, 0.6) is 0 Å². The summed E-state index contributed by atoms with van der Waals surface area (Å²) in [4.78, 5) is 38.1. The fourth-order valence-corrected chi connectivity index (χ4v) is 7.34. The lowest BCUT2D eigenvalue weighted by Crippen LogP contribution is -2.30. The van der Waals surface area contributed by atoms with Crippen LogP contribution in [0.1, 0.15) is 239 Å². The molecule has 0 bridgehead atoms. The quantitative estimate of drug-likeness (QED) is 0.0262. The van der Waals surface area contributed by atoms with Gasteiger partial charge in [-0.2, -0.15) is 0 Å². The van der Waals surface area contributed by atoms with E-state index in [9.17, 15) is 14.4 Å². The van der Waals surface area contributed by atoms with Gasteiger partial charge in [0.05, 0.1) is 0 Å². The first-order chi connectivity index (χ1) is 35.0. The van der Waals surface area contributed by atoms with Gasteiger partial charge >= 0.3 is 17.9 Å². The zero-order valence-corrected chi connectivity index (χ0v) is 45.7. The summed E-state index contributed by atoms with van der Waals surface area (Å²) in [5.74, 6) is -1.08. The molecule has 0 aliphatic heterocycles. The molecular weight excluding hydrogens is 877 g/mol. The Labute approximate surface area is 436 Å². The molecule has 0 saturated carbocycles. The summed E-state index contributed by atoms with van der Waals surface area (Å²) in [6, 6.07) is 0. The highest BCUT2D eigenvalue weighted by molar-refractivity contribution is 5.71. The van der Waals surface area contributed by atoms with Gasteiger partial charge in [-0.1, -0.05) is 231 Å². The van der Waals surface area contributed by atoms with E-state index in [-0.39, 0.29) is 44.0 Å². The topological polar surface area (TPSA) is 78.9 Å². The molecule has 0 amide bonds. The van der Waals surface area contributed by atoms with Crippen molar-refractivity contribution in [3.63, 3.8) is 0 Å². The number of hydrogen-bond acceptors (Lipinski definition) is 6. The van der Waals surface area contributed by atoms with Crippen molar-refractivity contribution in [1.29, 1.82) is 0 Å². The van der Waals surface area contributed by atoms with Crippen LogP contribution in [-0.2, 0) is 28.6 Å². The number of ether oxygens (including phenoxy) is 3. The first-order valence-corrected chi connectivity index (χ1v) is 28.7. The monoisotopic (exact) mass is 981 g/mol. The van der Waals surface area contributed by atoms with Crippen LogP contribution in [0.25, 0.3) is 0 Å². The third-order valence-electron chi connectivity index (χ3n) is 11.6. The second-order valence-corrected chi connectivity index (χ2v) is 18.5. The third kappa shape index (κ3) is 56.3. The van der Waals surface area contributed by atoms with Gasteiger partial charge in [0, 0.05) is 19.3 Å². The van der Waals surface area contributed by atoms with Gasteiger partial charge in [0.15, 0.2) is 6.10 Å². The molecule has 0 unspecified atom stereocenters. The number of unbranched alkanes of at least 4 members (excludes halogenated alkanes) is 17. The van der Waals surface area contributed by atoms with Crippen molar-refractivity contribution in [2.45, 2.75) is 245 Å². The van der Waals surface area contributed by atoms with Gasteiger partial charge in [0.1, 0.15) is 13.2 Å². The van der Waals surface area contributed by atoms with Crippen LogP contribution in [-0.4, -0.2) is 37.2 Å². The van der Waals surface area contributed by atoms with Crippen LogP contribution in [0.4, 0.5) is 0 Å². The first kappa shape index (κ1) is 66.6. The average Bonchev–Trinajstić information content (AvgIpc) is 3.37. The largest absolute Gasteiger partial charge is 0.462 e. The van der Waals surface area contributed by atoms with Crippen molar-refractivity contribution in [2.75, 3.05) is 13.2 Å². The van der Waals surface area contributed by atoms with Crippen LogP contribution in [0.2, 0.25) is 0 Å². The van der Waals surface area contributed by atoms with Gasteiger partial charge in [0.2, 0.25) is 0 Å². The fraction of sp³-hybridized carbons (Fsp3) is 0.615. The minimum atomic E-state index is -0.838. The normalized spacial score (nSPS) is 13.1. The minimum absolute atomic E-state index is 0.135. The van der Waals surface area contributed by atoms with Crippen molar-refractivity contribution >= 4 is 17.9 Å². The smallest absolute Gasteiger partial charge is 0.306 e. The Kier molecular flexibility index (Phi) is 54.5. The molecule has 0 aliphatic carbocycles. The molecule has 0 aromatic heterocycles. The van der Waals surface area contributed by atoms with Crippen LogP contribution in [0.3, 0.4) is 0 Å². The number of rotatable bonds is 50. The maximum Gasteiger partial charge on any atom is 0.306 e. The molecule has 400 valence electrons. The van der Waals surface area contributed by atoms with Crippen molar-refractivity contribution in [2.24, 2.45) is 0 Å². The standard InChI is InChI=1S/C65H104O6/c1-4-7-10-13-16-19-22-25-28-31-32-35-37-40-43-46-49-52-55-58-64(67)70-61-62(71-65(68)59-56-53-50-47-44-41-38-34-30-27-24-21-18-15-12-9-6-3)60-69-63(66)57-54-51-48-45-42-39-36-33-29-26-23-20-17-14-11-8-5-2/h7,10,16-17,19-20,25-30,32,35-36,39-40,43,45,48-49,52,62H,4-6,8-9,11-15,18,21-24,31,33-34,37-38,41-42,44,46-47,50-51,53-61H2,1-3H3/b10-7-,19-16-,20-17-,28-25-,29-26-,30-27-,35-32-,39-36-,43-40-,48-45-,52-49-/t62-/m0/s1. The molecule has 0 saturated heterocycles. The Morgan fingerprint density at radius 3 is 1.03 bits per heavy atom. The number of esters is 3. The molecule has 6 nitrogen and oxygen atoms in total. The third-order valence-corrected chi connectivity index (χ3v) is 11.6. The molecule has 0 radical (unpaired) electrons. The second kappa shape index (κ2) is 58.1. The van der Waals surface area contributed by atoms with E-state index in [0.717, 1.165) is 83.5 Å². The van der Waals surface area contributed by atoms with E-state index in [1.54, 1.807) is 0 Å². The van der Waals surface area contributed by atoms with Crippen molar-refractivity contribution in [3.05, 3.63) is 134 Å². The van der Waals surface area contributed by atoms with E-state index in [1.807, 2.05) is 12.2 Å². The van der Waals surface area contributed by atoms with Crippen LogP contribution < -0.4 is 0 Å². The van der Waals surface area contributed by atoms with Gasteiger partial charge in [-0.15, -0.1) is 0 Å². The highest BCUT2D eigenvalue weighted by Gasteiger charge is 2.19. The molecular formula is C65H104O6. The summed E-state index contributed by atoms with van der Waals surface area (Å²) in [5, 5.41) is 0. The fourth-order valence-electron chi connectivity index (χ4n) is 7.34. The molecule has 0 rings (SSSR count). The molecule has 0 fully saturated rings. The minimum Gasteiger partial charge on any atom is -0.462 e. The van der Waals surface area contributed by atoms with Crippen LogP contribution in [0, 0.1) is 0 Å². The average molecular weight is 982 g/mol. The van der Waals surface area contributed by atoms with Crippen molar-refractivity contribution in [3.8, 4) is 0 Å². The lowest BCUT2D eigenvalue weighted by atomic mass is 10.1. The summed E-state index contributed by atoms with van der Waals surface area (Å²) in [5.41, 5.74) is 0. The molecule has 6 heteroatoms. The first-order valence-electron chi connectivity index (χ1n) is 28.7. The molecule has 0 heterocycles. The Bertz CT molecular complexity index is 1550. The van der Waals surface area contributed by atoms with Crippen LogP contribution in [0.15, 0.2) is 134 Å². The number of hydrogen-bond donors (Lipinski definition) is 0.